The second kappa shape index (κ2) is 8.33. The fourth-order valence-corrected chi connectivity index (χ4v) is 3.65. The van der Waals surface area contributed by atoms with Crippen molar-refractivity contribution < 1.29 is 18.0 Å². The van der Waals surface area contributed by atoms with E-state index in [9.17, 15) is 18.0 Å². The molecule has 0 spiro atoms. The summed E-state index contributed by atoms with van der Waals surface area (Å²) < 4.78 is 24.7. The number of rotatable bonds is 6. The van der Waals surface area contributed by atoms with Crippen LogP contribution in [-0.2, 0) is 21.2 Å². The van der Waals surface area contributed by atoms with Gasteiger partial charge >= 0.3 is 0 Å². The van der Waals surface area contributed by atoms with E-state index in [1.54, 1.807) is 31.3 Å². The van der Waals surface area contributed by atoms with Crippen LogP contribution in [0.5, 0.6) is 0 Å². The first-order valence-electron chi connectivity index (χ1n) is 7.76. The molecule has 0 unspecified atom stereocenters. The van der Waals surface area contributed by atoms with Crippen molar-refractivity contribution in [3.05, 3.63) is 64.7 Å². The van der Waals surface area contributed by atoms with Crippen LogP contribution in [0.3, 0.4) is 0 Å². The monoisotopic (exact) mass is 394 g/mol. The van der Waals surface area contributed by atoms with Crippen molar-refractivity contribution in [3.63, 3.8) is 0 Å². The minimum atomic E-state index is -3.74. The first-order chi connectivity index (χ1) is 12.2. The van der Waals surface area contributed by atoms with Gasteiger partial charge in [0.25, 0.3) is 5.91 Å². The third-order valence-electron chi connectivity index (χ3n) is 3.77. The van der Waals surface area contributed by atoms with Crippen LogP contribution in [0.25, 0.3) is 0 Å². The molecule has 0 saturated heterocycles. The quantitative estimate of drug-likeness (QED) is 0.813. The predicted molar refractivity (Wildman–Crippen MR) is 99.8 cm³/mol. The molecule has 26 heavy (non-hydrogen) atoms. The van der Waals surface area contributed by atoms with E-state index in [-0.39, 0.29) is 17.3 Å². The summed E-state index contributed by atoms with van der Waals surface area (Å²) in [7, 11) is -0.658. The fraction of sp³-hybridized carbons (Fsp3) is 0.222. The summed E-state index contributed by atoms with van der Waals surface area (Å²) in [4.78, 5) is 25.2. The van der Waals surface area contributed by atoms with Gasteiger partial charge in [0.1, 0.15) is 5.75 Å². The Balaban J connectivity index is 2.03. The number of sulfone groups is 1. The highest BCUT2D eigenvalue weighted by atomic mass is 35.5. The van der Waals surface area contributed by atoms with Gasteiger partial charge in [0.15, 0.2) is 9.84 Å². The molecule has 8 heteroatoms. The van der Waals surface area contributed by atoms with E-state index < -0.39 is 21.5 Å². The lowest BCUT2D eigenvalue weighted by Crippen LogP contribution is -2.32. The van der Waals surface area contributed by atoms with Crippen LogP contribution in [0.1, 0.15) is 15.9 Å². The van der Waals surface area contributed by atoms with Crippen LogP contribution >= 0.6 is 11.6 Å². The summed E-state index contributed by atoms with van der Waals surface area (Å²) in [5.41, 5.74) is 1.30. The normalized spacial score (nSPS) is 11.0. The Kier molecular flexibility index (Phi) is 6.39. The van der Waals surface area contributed by atoms with Crippen molar-refractivity contribution in [3.8, 4) is 0 Å². The highest BCUT2D eigenvalue weighted by Gasteiger charge is 2.22. The number of hydrogen-bond donors (Lipinski definition) is 1. The van der Waals surface area contributed by atoms with Crippen LogP contribution in [0.2, 0.25) is 5.02 Å². The number of carbonyl (C=O) groups excluding carboxylic acids is 2. The lowest BCUT2D eigenvalue weighted by Gasteiger charge is -2.17. The lowest BCUT2D eigenvalue weighted by molar-refractivity contribution is -0.127. The minimum Gasteiger partial charge on any atom is -0.355 e. The van der Waals surface area contributed by atoms with Gasteiger partial charge in [0, 0.05) is 31.2 Å². The van der Waals surface area contributed by atoms with Gasteiger partial charge < -0.3 is 10.2 Å². The summed E-state index contributed by atoms with van der Waals surface area (Å²) in [5.74, 6) is -1.34. The average Bonchev–Trinajstić information content (AvgIpc) is 2.61. The van der Waals surface area contributed by atoms with Crippen molar-refractivity contribution in [2.45, 2.75) is 11.4 Å². The molecule has 2 aromatic rings. The molecule has 0 atom stereocenters. The van der Waals surface area contributed by atoms with E-state index in [1.165, 1.54) is 36.2 Å². The molecule has 0 heterocycles. The molecular weight excluding hydrogens is 376 g/mol. The summed E-state index contributed by atoms with van der Waals surface area (Å²) in [6.45, 7) is 0.239. The van der Waals surface area contributed by atoms with E-state index >= 15 is 0 Å². The maximum atomic E-state index is 12.3. The Morgan fingerprint density at radius 2 is 1.62 bits per heavy atom. The van der Waals surface area contributed by atoms with Gasteiger partial charge in [-0.05, 0) is 42.0 Å². The largest absolute Gasteiger partial charge is 0.355 e. The molecule has 0 fully saturated rings. The number of carbonyl (C=O) groups is 2. The molecule has 0 radical (unpaired) electrons. The van der Waals surface area contributed by atoms with Gasteiger partial charge in [0.2, 0.25) is 5.91 Å². The SMILES string of the molecule is CNC(=O)c1ccc(CN(C)C(=O)CS(=O)(=O)c2ccc(Cl)cc2)cc1. The highest BCUT2D eigenvalue weighted by Crippen LogP contribution is 2.16. The second-order valence-electron chi connectivity index (χ2n) is 5.74. The molecule has 2 rings (SSSR count). The third kappa shape index (κ3) is 5.06. The first kappa shape index (κ1) is 19.9. The molecule has 0 aromatic heterocycles. The van der Waals surface area contributed by atoms with Gasteiger partial charge in [-0.25, -0.2) is 8.42 Å². The third-order valence-corrected chi connectivity index (χ3v) is 5.64. The molecule has 1 N–H and O–H groups in total. The van der Waals surface area contributed by atoms with E-state index in [1.807, 2.05) is 0 Å². The van der Waals surface area contributed by atoms with E-state index in [0.29, 0.717) is 10.6 Å². The fourth-order valence-electron chi connectivity index (χ4n) is 2.27. The number of amides is 2. The summed E-state index contributed by atoms with van der Waals surface area (Å²) in [5, 5.41) is 2.95. The zero-order valence-electron chi connectivity index (χ0n) is 14.4. The molecule has 0 bridgehead atoms. The van der Waals surface area contributed by atoms with Crippen molar-refractivity contribution in [2.24, 2.45) is 0 Å². The number of benzene rings is 2. The second-order valence-corrected chi connectivity index (χ2v) is 8.16. The molecule has 0 saturated carbocycles. The standard InChI is InChI=1S/C18H19ClN2O4S/c1-20-18(23)14-5-3-13(4-6-14)11-21(2)17(22)12-26(24,25)16-9-7-15(19)8-10-16/h3-10H,11-12H2,1-2H3,(H,20,23). The minimum absolute atomic E-state index is 0.0542. The van der Waals surface area contributed by atoms with Crippen LogP contribution in [0, 0.1) is 0 Å². The Bertz CT molecular complexity index is 894. The van der Waals surface area contributed by atoms with Crippen LogP contribution in [0.15, 0.2) is 53.4 Å². The Morgan fingerprint density at radius 1 is 1.04 bits per heavy atom. The van der Waals surface area contributed by atoms with Gasteiger partial charge in [0.05, 0.1) is 4.90 Å². The van der Waals surface area contributed by atoms with Crippen LogP contribution in [-0.4, -0.2) is 45.0 Å². The van der Waals surface area contributed by atoms with E-state index in [4.69, 9.17) is 11.6 Å². The maximum absolute atomic E-state index is 12.3. The zero-order chi connectivity index (χ0) is 19.3. The van der Waals surface area contributed by atoms with Gasteiger partial charge in [-0.3, -0.25) is 9.59 Å². The van der Waals surface area contributed by atoms with Crippen molar-refractivity contribution in [1.29, 1.82) is 0 Å². The summed E-state index contributed by atoms with van der Waals surface area (Å²) in [6.07, 6.45) is 0. The van der Waals surface area contributed by atoms with Gasteiger partial charge in [-0.1, -0.05) is 23.7 Å². The van der Waals surface area contributed by atoms with Crippen molar-refractivity contribution in [1.82, 2.24) is 10.2 Å². The number of nitrogens with zero attached hydrogens (tertiary/aromatic N) is 1. The van der Waals surface area contributed by atoms with Crippen molar-refractivity contribution in [2.75, 3.05) is 19.8 Å². The van der Waals surface area contributed by atoms with E-state index in [0.717, 1.165) is 5.56 Å². The number of hydrogen-bond acceptors (Lipinski definition) is 4. The predicted octanol–water partition coefficient (Wildman–Crippen LogP) is 2.13. The summed E-state index contributed by atoms with van der Waals surface area (Å²) >= 11 is 5.75. The molecule has 138 valence electrons. The van der Waals surface area contributed by atoms with Crippen LogP contribution in [0.4, 0.5) is 0 Å². The smallest absolute Gasteiger partial charge is 0.251 e. The lowest BCUT2D eigenvalue weighted by atomic mass is 10.1. The van der Waals surface area contributed by atoms with Gasteiger partial charge in [-0.15, -0.1) is 0 Å². The Morgan fingerprint density at radius 3 is 2.15 bits per heavy atom. The van der Waals surface area contributed by atoms with Crippen molar-refractivity contribution >= 4 is 33.3 Å². The molecule has 2 amide bonds. The Hall–Kier alpha value is -2.38. The van der Waals surface area contributed by atoms with Crippen LogP contribution < -0.4 is 5.32 Å². The number of halogens is 1. The Labute approximate surface area is 157 Å². The maximum Gasteiger partial charge on any atom is 0.251 e. The topological polar surface area (TPSA) is 83.6 Å². The molecular formula is C18H19ClN2O4S. The first-order valence-corrected chi connectivity index (χ1v) is 9.79. The molecule has 0 aliphatic rings. The number of nitrogens with one attached hydrogen (secondary N) is 1. The van der Waals surface area contributed by atoms with Gasteiger partial charge in [-0.2, -0.15) is 0 Å². The molecule has 2 aromatic carbocycles. The average molecular weight is 395 g/mol. The summed E-state index contributed by atoms with van der Waals surface area (Å²) in [6, 6.07) is 12.4. The zero-order valence-corrected chi connectivity index (χ0v) is 16.0. The van der Waals surface area contributed by atoms with E-state index in [2.05, 4.69) is 5.32 Å². The highest BCUT2D eigenvalue weighted by molar-refractivity contribution is 7.92. The molecule has 0 aliphatic heterocycles. The molecule has 6 nitrogen and oxygen atoms in total. The molecule has 0 aliphatic carbocycles.